The van der Waals surface area contributed by atoms with Crippen LogP contribution < -0.4 is 5.32 Å². The minimum absolute atomic E-state index is 0.102. The molecule has 0 aromatic carbocycles. The van der Waals surface area contributed by atoms with Crippen molar-refractivity contribution in [3.63, 3.8) is 0 Å². The molecule has 16 heavy (non-hydrogen) atoms. The molecule has 0 amide bonds. The minimum atomic E-state index is -1.66. The summed E-state index contributed by atoms with van der Waals surface area (Å²) in [6, 6.07) is 0. The van der Waals surface area contributed by atoms with E-state index >= 15 is 0 Å². The average molecular weight is 231 g/mol. The number of carboxylic acid groups (broad SMARTS) is 1. The van der Waals surface area contributed by atoms with Crippen LogP contribution in [-0.2, 0) is 4.79 Å². The standard InChI is InChI=1S/C12H25NO3/c1-4-6-7-10(5-2)8-13-9-12(3,16)11(14)15/h10,13,16H,4-9H2,1-3H3,(H,14,15). The summed E-state index contributed by atoms with van der Waals surface area (Å²) in [6.45, 7) is 6.49. The van der Waals surface area contributed by atoms with Gasteiger partial charge in [0, 0.05) is 6.54 Å². The molecule has 2 unspecified atom stereocenters. The normalized spacial score (nSPS) is 16.8. The quantitative estimate of drug-likeness (QED) is 0.564. The second-order valence-corrected chi connectivity index (χ2v) is 4.63. The maximum Gasteiger partial charge on any atom is 0.336 e. The number of carbonyl (C=O) groups is 1. The van der Waals surface area contributed by atoms with Gasteiger partial charge in [0.1, 0.15) is 0 Å². The van der Waals surface area contributed by atoms with Crippen molar-refractivity contribution >= 4 is 5.97 Å². The molecule has 0 fully saturated rings. The largest absolute Gasteiger partial charge is 0.479 e. The Labute approximate surface area is 98.1 Å². The molecule has 0 aliphatic heterocycles. The van der Waals surface area contributed by atoms with Gasteiger partial charge in [-0.25, -0.2) is 4.79 Å². The predicted octanol–water partition coefficient (Wildman–Crippen LogP) is 1.63. The zero-order chi connectivity index (χ0) is 12.6. The van der Waals surface area contributed by atoms with Crippen molar-refractivity contribution in [1.29, 1.82) is 0 Å². The molecule has 0 aromatic rings. The van der Waals surface area contributed by atoms with Crippen LogP contribution in [0, 0.1) is 5.92 Å². The number of nitrogens with one attached hydrogen (secondary N) is 1. The number of aliphatic carboxylic acids is 1. The van der Waals surface area contributed by atoms with E-state index < -0.39 is 11.6 Å². The summed E-state index contributed by atoms with van der Waals surface area (Å²) in [5, 5.41) is 21.2. The summed E-state index contributed by atoms with van der Waals surface area (Å²) in [4.78, 5) is 10.6. The molecular formula is C12H25NO3. The van der Waals surface area contributed by atoms with Crippen molar-refractivity contribution in [3.8, 4) is 0 Å². The SMILES string of the molecule is CCCCC(CC)CNCC(C)(O)C(=O)O. The van der Waals surface area contributed by atoms with Crippen LogP contribution in [-0.4, -0.2) is 34.9 Å². The molecule has 4 nitrogen and oxygen atoms in total. The van der Waals surface area contributed by atoms with Crippen molar-refractivity contribution in [1.82, 2.24) is 5.32 Å². The first kappa shape index (κ1) is 15.4. The highest BCUT2D eigenvalue weighted by molar-refractivity contribution is 5.76. The van der Waals surface area contributed by atoms with Crippen LogP contribution in [0.2, 0.25) is 0 Å². The second kappa shape index (κ2) is 7.63. The van der Waals surface area contributed by atoms with Crippen LogP contribution in [0.4, 0.5) is 0 Å². The third kappa shape index (κ3) is 6.08. The van der Waals surface area contributed by atoms with Crippen LogP contribution in [0.5, 0.6) is 0 Å². The van der Waals surface area contributed by atoms with E-state index in [1.165, 1.54) is 19.8 Å². The van der Waals surface area contributed by atoms with Gasteiger partial charge in [-0.3, -0.25) is 0 Å². The van der Waals surface area contributed by atoms with E-state index in [1.807, 2.05) is 0 Å². The molecular weight excluding hydrogens is 206 g/mol. The predicted molar refractivity (Wildman–Crippen MR) is 64.4 cm³/mol. The third-order valence-corrected chi connectivity index (χ3v) is 2.91. The highest BCUT2D eigenvalue weighted by Gasteiger charge is 2.29. The van der Waals surface area contributed by atoms with Gasteiger partial charge >= 0.3 is 5.97 Å². The molecule has 2 atom stereocenters. The van der Waals surface area contributed by atoms with E-state index in [2.05, 4.69) is 19.2 Å². The lowest BCUT2D eigenvalue weighted by atomic mass is 9.99. The van der Waals surface area contributed by atoms with Crippen LogP contribution in [0.25, 0.3) is 0 Å². The lowest BCUT2D eigenvalue weighted by Crippen LogP contribution is -2.45. The van der Waals surface area contributed by atoms with E-state index in [0.717, 1.165) is 19.4 Å². The van der Waals surface area contributed by atoms with Crippen molar-refractivity contribution in [2.45, 2.75) is 52.1 Å². The molecule has 96 valence electrons. The van der Waals surface area contributed by atoms with Gasteiger partial charge in [0.05, 0.1) is 0 Å². The Morgan fingerprint density at radius 2 is 2.06 bits per heavy atom. The van der Waals surface area contributed by atoms with Gasteiger partial charge in [0.2, 0.25) is 0 Å². The van der Waals surface area contributed by atoms with E-state index in [9.17, 15) is 9.90 Å². The topological polar surface area (TPSA) is 69.6 Å². The van der Waals surface area contributed by atoms with Crippen LogP contribution in [0.1, 0.15) is 46.5 Å². The minimum Gasteiger partial charge on any atom is -0.479 e. The van der Waals surface area contributed by atoms with Gasteiger partial charge in [-0.1, -0.05) is 33.1 Å². The van der Waals surface area contributed by atoms with E-state index in [0.29, 0.717) is 5.92 Å². The van der Waals surface area contributed by atoms with Gasteiger partial charge in [0.15, 0.2) is 5.60 Å². The Morgan fingerprint density at radius 3 is 2.50 bits per heavy atom. The van der Waals surface area contributed by atoms with Crippen molar-refractivity contribution < 1.29 is 15.0 Å². The van der Waals surface area contributed by atoms with Crippen molar-refractivity contribution in [2.75, 3.05) is 13.1 Å². The summed E-state index contributed by atoms with van der Waals surface area (Å²) in [7, 11) is 0. The maximum atomic E-state index is 10.6. The highest BCUT2D eigenvalue weighted by Crippen LogP contribution is 2.11. The first-order valence-electron chi connectivity index (χ1n) is 6.10. The smallest absolute Gasteiger partial charge is 0.336 e. The number of unbranched alkanes of at least 4 members (excludes halogenated alkanes) is 1. The highest BCUT2D eigenvalue weighted by atomic mass is 16.4. The number of aliphatic hydroxyl groups is 1. The summed E-state index contributed by atoms with van der Waals surface area (Å²) in [6.07, 6.45) is 4.64. The van der Waals surface area contributed by atoms with Gasteiger partial charge < -0.3 is 15.5 Å². The molecule has 0 rings (SSSR count). The van der Waals surface area contributed by atoms with Crippen LogP contribution >= 0.6 is 0 Å². The van der Waals surface area contributed by atoms with Gasteiger partial charge in [-0.2, -0.15) is 0 Å². The Balaban J connectivity index is 3.81. The zero-order valence-electron chi connectivity index (χ0n) is 10.6. The Hall–Kier alpha value is -0.610. The van der Waals surface area contributed by atoms with E-state index in [1.54, 1.807) is 0 Å². The van der Waals surface area contributed by atoms with Crippen molar-refractivity contribution in [3.05, 3.63) is 0 Å². The summed E-state index contributed by atoms with van der Waals surface area (Å²) < 4.78 is 0. The molecule has 4 heteroatoms. The molecule has 0 bridgehead atoms. The van der Waals surface area contributed by atoms with Crippen LogP contribution in [0.3, 0.4) is 0 Å². The number of hydrogen-bond acceptors (Lipinski definition) is 3. The van der Waals surface area contributed by atoms with Gasteiger partial charge in [-0.15, -0.1) is 0 Å². The molecule has 0 aromatic heterocycles. The first-order valence-corrected chi connectivity index (χ1v) is 6.10. The summed E-state index contributed by atoms with van der Waals surface area (Å²) in [5.74, 6) is -0.605. The number of hydrogen-bond donors (Lipinski definition) is 3. The molecule has 0 saturated heterocycles. The van der Waals surface area contributed by atoms with Crippen molar-refractivity contribution in [2.24, 2.45) is 5.92 Å². The molecule has 0 aliphatic carbocycles. The van der Waals surface area contributed by atoms with E-state index in [-0.39, 0.29) is 6.54 Å². The Bertz CT molecular complexity index is 204. The fourth-order valence-electron chi connectivity index (χ4n) is 1.54. The zero-order valence-corrected chi connectivity index (χ0v) is 10.6. The second-order valence-electron chi connectivity index (χ2n) is 4.63. The lowest BCUT2D eigenvalue weighted by Gasteiger charge is -2.21. The first-order chi connectivity index (χ1) is 7.44. The molecule has 0 heterocycles. The fourth-order valence-corrected chi connectivity index (χ4v) is 1.54. The monoisotopic (exact) mass is 231 g/mol. The fraction of sp³-hybridized carbons (Fsp3) is 0.917. The van der Waals surface area contributed by atoms with Gasteiger partial charge in [-0.05, 0) is 25.8 Å². The summed E-state index contributed by atoms with van der Waals surface area (Å²) in [5.41, 5.74) is -1.66. The van der Waals surface area contributed by atoms with E-state index in [4.69, 9.17) is 5.11 Å². The molecule has 0 saturated carbocycles. The lowest BCUT2D eigenvalue weighted by molar-refractivity contribution is -0.156. The Kier molecular flexibility index (Phi) is 7.34. The number of rotatable bonds is 9. The molecule has 3 N–H and O–H groups in total. The molecule has 0 radical (unpaired) electrons. The van der Waals surface area contributed by atoms with Gasteiger partial charge in [0.25, 0.3) is 0 Å². The van der Waals surface area contributed by atoms with Crippen LogP contribution in [0.15, 0.2) is 0 Å². The maximum absolute atomic E-state index is 10.6. The third-order valence-electron chi connectivity index (χ3n) is 2.91. The molecule has 0 aliphatic rings. The number of carboxylic acids is 1. The average Bonchev–Trinajstić information content (AvgIpc) is 2.22. The Morgan fingerprint density at radius 1 is 1.44 bits per heavy atom. The summed E-state index contributed by atoms with van der Waals surface area (Å²) >= 11 is 0. The molecule has 0 spiro atoms.